The monoisotopic (exact) mass is 349 g/mol. The summed E-state index contributed by atoms with van der Waals surface area (Å²) in [5.74, 6) is -0.257. The third kappa shape index (κ3) is 4.88. The van der Waals surface area contributed by atoms with Crippen molar-refractivity contribution in [3.8, 4) is 5.75 Å². The molecule has 0 radical (unpaired) electrons. The van der Waals surface area contributed by atoms with Crippen molar-refractivity contribution in [3.63, 3.8) is 0 Å². The van der Waals surface area contributed by atoms with Crippen LogP contribution in [0.4, 0.5) is 0 Å². The largest absolute Gasteiger partial charge is 0.508 e. The molecule has 0 amide bonds. The maximum atomic E-state index is 11.9. The number of rotatable bonds is 5. The molecule has 0 bridgehead atoms. The molecule has 21 heavy (non-hydrogen) atoms. The van der Waals surface area contributed by atoms with Crippen LogP contribution in [-0.4, -0.2) is 17.1 Å². The first-order chi connectivity index (χ1) is 10.0. The van der Waals surface area contributed by atoms with Gasteiger partial charge in [0.25, 0.3) is 0 Å². The molecule has 2 rings (SSSR count). The highest BCUT2D eigenvalue weighted by atomic mass is 79.9. The highest BCUT2D eigenvalue weighted by molar-refractivity contribution is 9.10. The zero-order valence-corrected chi connectivity index (χ0v) is 12.9. The Morgan fingerprint density at radius 1 is 1.19 bits per heavy atom. The van der Waals surface area contributed by atoms with E-state index in [1.165, 1.54) is 0 Å². The van der Waals surface area contributed by atoms with Crippen molar-refractivity contribution < 1.29 is 14.6 Å². The smallest absolute Gasteiger partial charge is 0.323 e. The lowest BCUT2D eigenvalue weighted by Gasteiger charge is -2.12. The van der Waals surface area contributed by atoms with Gasteiger partial charge in [0.05, 0.1) is 0 Å². The Morgan fingerprint density at radius 2 is 1.90 bits per heavy atom. The van der Waals surface area contributed by atoms with Gasteiger partial charge < -0.3 is 15.6 Å². The average Bonchev–Trinajstić information content (AvgIpc) is 2.47. The fourth-order valence-corrected chi connectivity index (χ4v) is 2.30. The summed E-state index contributed by atoms with van der Waals surface area (Å²) in [7, 11) is 0. The molecule has 3 N–H and O–H groups in total. The number of carbonyl (C=O) groups excluding carboxylic acids is 1. The van der Waals surface area contributed by atoms with Gasteiger partial charge in [0, 0.05) is 4.47 Å². The average molecular weight is 350 g/mol. The minimum absolute atomic E-state index is 0.185. The van der Waals surface area contributed by atoms with E-state index in [2.05, 4.69) is 15.9 Å². The molecule has 2 aromatic carbocycles. The Hall–Kier alpha value is -1.85. The lowest BCUT2D eigenvalue weighted by Crippen LogP contribution is -2.34. The van der Waals surface area contributed by atoms with Crippen LogP contribution in [0.25, 0.3) is 0 Å². The highest BCUT2D eigenvalue weighted by Crippen LogP contribution is 2.14. The van der Waals surface area contributed by atoms with Crippen LogP contribution >= 0.6 is 15.9 Å². The van der Waals surface area contributed by atoms with Gasteiger partial charge in [-0.2, -0.15) is 0 Å². The van der Waals surface area contributed by atoms with Crippen LogP contribution in [-0.2, 0) is 22.6 Å². The van der Waals surface area contributed by atoms with Crippen molar-refractivity contribution in [3.05, 3.63) is 64.1 Å². The zero-order valence-electron chi connectivity index (χ0n) is 11.3. The van der Waals surface area contributed by atoms with E-state index in [0.29, 0.717) is 6.42 Å². The second-order valence-electron chi connectivity index (χ2n) is 4.71. The van der Waals surface area contributed by atoms with E-state index >= 15 is 0 Å². The Labute approximate surface area is 131 Å². The number of phenols is 1. The lowest BCUT2D eigenvalue weighted by molar-refractivity contribution is -0.146. The normalized spacial score (nSPS) is 11.9. The molecule has 2 aromatic rings. The van der Waals surface area contributed by atoms with Gasteiger partial charge in [-0.15, -0.1) is 0 Å². The van der Waals surface area contributed by atoms with Crippen molar-refractivity contribution >= 4 is 21.9 Å². The van der Waals surface area contributed by atoms with Crippen molar-refractivity contribution in [2.75, 3.05) is 0 Å². The van der Waals surface area contributed by atoms with E-state index in [-0.39, 0.29) is 12.4 Å². The predicted molar refractivity (Wildman–Crippen MR) is 83.7 cm³/mol. The molecule has 0 spiro atoms. The van der Waals surface area contributed by atoms with E-state index < -0.39 is 12.0 Å². The molecule has 1 atom stereocenters. The first-order valence-electron chi connectivity index (χ1n) is 6.49. The molecule has 0 saturated carbocycles. The van der Waals surface area contributed by atoms with Gasteiger partial charge >= 0.3 is 5.97 Å². The van der Waals surface area contributed by atoms with Gasteiger partial charge in [0.15, 0.2) is 0 Å². The Bertz CT molecular complexity index is 613. The highest BCUT2D eigenvalue weighted by Gasteiger charge is 2.15. The number of hydrogen-bond donors (Lipinski definition) is 2. The van der Waals surface area contributed by atoms with Gasteiger partial charge in [0.2, 0.25) is 0 Å². The molecule has 0 saturated heterocycles. The van der Waals surface area contributed by atoms with Crippen LogP contribution in [0.2, 0.25) is 0 Å². The van der Waals surface area contributed by atoms with E-state index in [1.54, 1.807) is 24.3 Å². The predicted octanol–water partition coefficient (Wildman–Crippen LogP) is 2.77. The van der Waals surface area contributed by atoms with Crippen LogP contribution in [0, 0.1) is 0 Å². The third-order valence-electron chi connectivity index (χ3n) is 2.96. The summed E-state index contributed by atoms with van der Waals surface area (Å²) in [6.45, 7) is 0.196. The Morgan fingerprint density at radius 3 is 2.57 bits per heavy atom. The molecule has 0 aliphatic heterocycles. The summed E-state index contributed by atoms with van der Waals surface area (Å²) in [5.41, 5.74) is 7.61. The quantitative estimate of drug-likeness (QED) is 0.814. The first-order valence-corrected chi connectivity index (χ1v) is 7.28. The number of halogens is 1. The molecule has 0 heterocycles. The van der Waals surface area contributed by atoms with E-state index in [0.717, 1.165) is 15.6 Å². The summed E-state index contributed by atoms with van der Waals surface area (Å²) >= 11 is 3.36. The molecule has 0 aromatic heterocycles. The van der Waals surface area contributed by atoms with Crippen LogP contribution in [0.3, 0.4) is 0 Å². The number of aromatic hydroxyl groups is 1. The van der Waals surface area contributed by atoms with Crippen LogP contribution in [0.1, 0.15) is 11.1 Å². The number of hydrogen-bond acceptors (Lipinski definition) is 4. The van der Waals surface area contributed by atoms with Gasteiger partial charge in [-0.05, 0) is 41.8 Å². The maximum Gasteiger partial charge on any atom is 0.323 e. The van der Waals surface area contributed by atoms with Crippen LogP contribution < -0.4 is 5.73 Å². The van der Waals surface area contributed by atoms with E-state index in [4.69, 9.17) is 10.5 Å². The molecule has 110 valence electrons. The second kappa shape index (κ2) is 7.24. The summed E-state index contributed by atoms with van der Waals surface area (Å²) in [4.78, 5) is 11.9. The maximum absolute atomic E-state index is 11.9. The number of ether oxygens (including phenoxy) is 1. The molecular formula is C16H16BrNO3. The minimum atomic E-state index is -0.721. The van der Waals surface area contributed by atoms with E-state index in [9.17, 15) is 9.90 Å². The second-order valence-corrected chi connectivity index (χ2v) is 5.63. The molecule has 0 aliphatic rings. The fourth-order valence-electron chi connectivity index (χ4n) is 1.86. The fraction of sp³-hybridized carbons (Fsp3) is 0.188. The summed E-state index contributed by atoms with van der Waals surface area (Å²) in [5, 5.41) is 9.21. The lowest BCUT2D eigenvalue weighted by atomic mass is 10.1. The van der Waals surface area contributed by atoms with Crippen molar-refractivity contribution in [1.82, 2.24) is 0 Å². The third-order valence-corrected chi connectivity index (χ3v) is 3.46. The van der Waals surface area contributed by atoms with Gasteiger partial charge in [0.1, 0.15) is 18.4 Å². The molecule has 0 fully saturated rings. The van der Waals surface area contributed by atoms with Crippen molar-refractivity contribution in [2.45, 2.75) is 19.1 Å². The van der Waals surface area contributed by atoms with Crippen molar-refractivity contribution in [2.24, 2.45) is 5.73 Å². The zero-order chi connectivity index (χ0) is 15.2. The Kier molecular flexibility index (Phi) is 5.36. The van der Waals surface area contributed by atoms with Gasteiger partial charge in [-0.3, -0.25) is 4.79 Å². The number of esters is 1. The van der Waals surface area contributed by atoms with Crippen molar-refractivity contribution in [1.29, 1.82) is 0 Å². The minimum Gasteiger partial charge on any atom is -0.508 e. The van der Waals surface area contributed by atoms with Gasteiger partial charge in [-0.25, -0.2) is 0 Å². The van der Waals surface area contributed by atoms with Crippen LogP contribution in [0.5, 0.6) is 5.75 Å². The summed E-state index contributed by atoms with van der Waals surface area (Å²) in [6.07, 6.45) is 0.373. The molecular weight excluding hydrogens is 334 g/mol. The number of phenolic OH excluding ortho intramolecular Hbond substituents is 1. The summed E-state index contributed by atoms with van der Waals surface area (Å²) < 4.78 is 6.14. The van der Waals surface area contributed by atoms with Gasteiger partial charge in [-0.1, -0.05) is 40.2 Å². The molecule has 4 nitrogen and oxygen atoms in total. The standard InChI is InChI=1S/C16H16BrNO3/c17-13-3-1-2-12(8-13)10-21-16(20)15(18)9-11-4-6-14(19)7-5-11/h1-8,15,19H,9-10,18H2/t15-/m0/s1. The number of carbonyl (C=O) groups is 1. The van der Waals surface area contributed by atoms with E-state index in [1.807, 2.05) is 24.3 Å². The first kappa shape index (κ1) is 15.5. The SMILES string of the molecule is N[C@@H](Cc1ccc(O)cc1)C(=O)OCc1cccc(Br)c1. The number of nitrogens with two attached hydrogens (primary N) is 1. The number of benzene rings is 2. The molecule has 5 heteroatoms. The molecule has 0 aliphatic carbocycles. The Balaban J connectivity index is 1.86. The van der Waals surface area contributed by atoms with Crippen LogP contribution in [0.15, 0.2) is 53.0 Å². The topological polar surface area (TPSA) is 72.5 Å². The molecule has 0 unspecified atom stereocenters. The summed E-state index contributed by atoms with van der Waals surface area (Å²) in [6, 6.07) is 13.4.